The Balaban J connectivity index is 2.60. The molecular formula is C14H16N4O4. The third kappa shape index (κ3) is 1.63. The van der Waals surface area contributed by atoms with Gasteiger partial charge in [-0.05, 0) is 27.7 Å². The molecule has 8 heteroatoms. The Morgan fingerprint density at radius 2 is 1.91 bits per heavy atom. The Morgan fingerprint density at radius 1 is 1.27 bits per heavy atom. The number of nitrogens with zero attached hydrogens (tertiary/aromatic N) is 4. The van der Waals surface area contributed by atoms with E-state index < -0.39 is 17.3 Å². The highest BCUT2D eigenvalue weighted by atomic mass is 16.4. The minimum Gasteiger partial charge on any atom is -0.428 e. The predicted octanol–water partition coefficient (Wildman–Crippen LogP) is 0.708. The second kappa shape index (κ2) is 4.43. The van der Waals surface area contributed by atoms with Crippen molar-refractivity contribution in [2.24, 2.45) is 7.05 Å². The number of imidazole rings is 1. The van der Waals surface area contributed by atoms with E-state index >= 15 is 0 Å². The Kier molecular flexibility index (Phi) is 2.88. The van der Waals surface area contributed by atoms with Crippen LogP contribution in [0.25, 0.3) is 17.0 Å². The van der Waals surface area contributed by atoms with Crippen LogP contribution >= 0.6 is 0 Å². The average molecular weight is 304 g/mol. The van der Waals surface area contributed by atoms with Gasteiger partial charge < -0.3 is 4.42 Å². The van der Waals surface area contributed by atoms with Gasteiger partial charge in [-0.15, -0.1) is 0 Å². The number of aryl methyl sites for hydroxylation is 3. The summed E-state index contributed by atoms with van der Waals surface area (Å²) in [5, 5.41) is 0. The number of ketones is 1. The molecular weight excluding hydrogens is 288 g/mol. The molecule has 0 spiro atoms. The lowest BCUT2D eigenvalue weighted by molar-refractivity contribution is -0.119. The second-order valence-electron chi connectivity index (χ2n) is 5.45. The molecule has 3 rings (SSSR count). The Labute approximate surface area is 124 Å². The van der Waals surface area contributed by atoms with E-state index in [1.54, 1.807) is 18.2 Å². The highest BCUT2D eigenvalue weighted by Crippen LogP contribution is 2.19. The van der Waals surface area contributed by atoms with Crippen LogP contribution in [0.3, 0.4) is 0 Å². The van der Waals surface area contributed by atoms with Crippen LogP contribution in [-0.2, 0) is 11.8 Å². The van der Waals surface area contributed by atoms with Crippen LogP contribution < -0.4 is 11.2 Å². The lowest BCUT2D eigenvalue weighted by Gasteiger charge is -2.12. The normalized spacial score (nSPS) is 13.1. The predicted molar refractivity (Wildman–Crippen MR) is 79.3 cm³/mol. The van der Waals surface area contributed by atoms with Crippen molar-refractivity contribution in [2.45, 2.75) is 33.7 Å². The van der Waals surface area contributed by atoms with Crippen LogP contribution in [0, 0.1) is 13.8 Å². The quantitative estimate of drug-likeness (QED) is 0.695. The number of carbonyl (C=O) groups is 1. The molecule has 0 fully saturated rings. The molecule has 1 atom stereocenters. The van der Waals surface area contributed by atoms with Crippen LogP contribution in [0.1, 0.15) is 31.3 Å². The molecule has 3 aromatic rings. The van der Waals surface area contributed by atoms with E-state index in [9.17, 15) is 14.4 Å². The molecule has 0 aliphatic rings. The smallest absolute Gasteiger partial charge is 0.333 e. The van der Waals surface area contributed by atoms with Gasteiger partial charge >= 0.3 is 11.5 Å². The van der Waals surface area contributed by atoms with Gasteiger partial charge in [0.05, 0.1) is 11.7 Å². The summed E-state index contributed by atoms with van der Waals surface area (Å²) in [7, 11) is 1.52. The summed E-state index contributed by atoms with van der Waals surface area (Å²) in [6.07, 6.45) is 0. The Bertz CT molecular complexity index is 1050. The summed E-state index contributed by atoms with van der Waals surface area (Å²) in [6.45, 7) is 6.45. The minimum absolute atomic E-state index is 0.236. The number of hydrogen-bond acceptors (Lipinski definition) is 5. The van der Waals surface area contributed by atoms with Crippen molar-refractivity contribution >= 4 is 22.8 Å². The van der Waals surface area contributed by atoms with E-state index in [2.05, 4.69) is 4.98 Å². The van der Waals surface area contributed by atoms with Gasteiger partial charge in [-0.1, -0.05) is 0 Å². The number of aromatic nitrogens is 4. The molecule has 3 heterocycles. The van der Waals surface area contributed by atoms with Crippen LogP contribution in [-0.4, -0.2) is 24.3 Å². The number of Topliss-reactive ketones (excluding diaryl/α,β-unsaturated/α-hetero) is 1. The fourth-order valence-corrected chi connectivity index (χ4v) is 2.54. The summed E-state index contributed by atoms with van der Waals surface area (Å²) in [6, 6.07) is -0.838. The van der Waals surface area contributed by atoms with Crippen molar-refractivity contribution in [3.8, 4) is 0 Å². The zero-order valence-electron chi connectivity index (χ0n) is 13.0. The van der Waals surface area contributed by atoms with Crippen LogP contribution in [0.15, 0.2) is 14.0 Å². The van der Waals surface area contributed by atoms with E-state index in [0.717, 1.165) is 10.3 Å². The number of rotatable bonds is 2. The first kappa shape index (κ1) is 14.3. The number of fused-ring (bicyclic) bond motifs is 3. The molecule has 0 aliphatic heterocycles. The zero-order valence-corrected chi connectivity index (χ0v) is 13.0. The highest BCUT2D eigenvalue weighted by molar-refractivity contribution is 5.80. The molecule has 0 N–H and O–H groups in total. The lowest BCUT2D eigenvalue weighted by atomic mass is 10.2. The molecule has 0 aliphatic carbocycles. The van der Waals surface area contributed by atoms with Gasteiger partial charge in [0.15, 0.2) is 16.9 Å². The van der Waals surface area contributed by atoms with E-state index in [4.69, 9.17) is 4.42 Å². The molecule has 0 unspecified atom stereocenters. The molecule has 0 bridgehead atoms. The van der Waals surface area contributed by atoms with Crippen molar-refractivity contribution in [2.75, 3.05) is 0 Å². The molecule has 0 amide bonds. The summed E-state index contributed by atoms with van der Waals surface area (Å²) >= 11 is 0. The summed E-state index contributed by atoms with van der Waals surface area (Å²) in [5.41, 5.74) is 0.0891. The fourth-order valence-electron chi connectivity index (χ4n) is 2.54. The second-order valence-corrected chi connectivity index (χ2v) is 5.45. The molecule has 0 radical (unpaired) electrons. The molecule has 8 nitrogen and oxygen atoms in total. The van der Waals surface area contributed by atoms with Crippen LogP contribution in [0.2, 0.25) is 0 Å². The summed E-state index contributed by atoms with van der Waals surface area (Å²) in [5.74, 6) is 0.633. The number of carbonyl (C=O) groups excluding carboxylic acids is 1. The van der Waals surface area contributed by atoms with Crippen molar-refractivity contribution in [3.05, 3.63) is 32.3 Å². The first-order valence-electron chi connectivity index (χ1n) is 6.85. The lowest BCUT2D eigenvalue weighted by Crippen LogP contribution is -2.42. The standard InChI is InChI=1S/C14H16N4O4/c1-6(8(3)19)18-12(20)10-11(16(5)14(18)21)15-13-17(10)7(2)9(4)22-13/h6H,1-5H3/t6-/m1/s1. The van der Waals surface area contributed by atoms with E-state index in [-0.39, 0.29) is 22.8 Å². The van der Waals surface area contributed by atoms with Crippen molar-refractivity contribution in [1.29, 1.82) is 0 Å². The zero-order chi connectivity index (χ0) is 16.3. The van der Waals surface area contributed by atoms with Crippen LogP contribution in [0.5, 0.6) is 0 Å². The maximum atomic E-state index is 12.8. The molecule has 3 aromatic heterocycles. The molecule has 116 valence electrons. The van der Waals surface area contributed by atoms with Gasteiger partial charge in [-0.2, -0.15) is 4.98 Å². The molecule has 22 heavy (non-hydrogen) atoms. The SMILES string of the molecule is CC(=O)[C@@H](C)n1c(=O)c2c(nc3oc(C)c(C)n32)n(C)c1=O. The molecule has 0 saturated carbocycles. The first-order chi connectivity index (χ1) is 10.3. The van der Waals surface area contributed by atoms with Gasteiger partial charge in [-0.25, -0.2) is 9.36 Å². The molecule has 0 saturated heterocycles. The highest BCUT2D eigenvalue weighted by Gasteiger charge is 2.24. The third-order valence-corrected chi connectivity index (χ3v) is 4.13. The fraction of sp³-hybridized carbons (Fsp3) is 0.429. The monoisotopic (exact) mass is 304 g/mol. The van der Waals surface area contributed by atoms with Crippen LogP contribution in [0.4, 0.5) is 0 Å². The van der Waals surface area contributed by atoms with Gasteiger partial charge in [0, 0.05) is 7.05 Å². The van der Waals surface area contributed by atoms with Crippen molar-refractivity contribution < 1.29 is 9.21 Å². The minimum atomic E-state index is -0.838. The number of hydrogen-bond donors (Lipinski definition) is 0. The molecule has 0 aromatic carbocycles. The van der Waals surface area contributed by atoms with Gasteiger partial charge in [-0.3, -0.25) is 18.6 Å². The van der Waals surface area contributed by atoms with Gasteiger partial charge in [0.1, 0.15) is 5.76 Å². The van der Waals surface area contributed by atoms with Crippen molar-refractivity contribution in [3.63, 3.8) is 0 Å². The van der Waals surface area contributed by atoms with Gasteiger partial charge in [0.25, 0.3) is 5.56 Å². The Morgan fingerprint density at radius 3 is 2.50 bits per heavy atom. The third-order valence-electron chi connectivity index (χ3n) is 4.13. The van der Waals surface area contributed by atoms with E-state index in [0.29, 0.717) is 5.76 Å². The first-order valence-corrected chi connectivity index (χ1v) is 6.85. The maximum absolute atomic E-state index is 12.8. The largest absolute Gasteiger partial charge is 0.428 e. The summed E-state index contributed by atoms with van der Waals surface area (Å²) in [4.78, 5) is 41.0. The average Bonchev–Trinajstić information content (AvgIpc) is 2.94. The Hall–Kier alpha value is -2.64. The van der Waals surface area contributed by atoms with Crippen molar-refractivity contribution in [1.82, 2.24) is 18.5 Å². The van der Waals surface area contributed by atoms with Gasteiger partial charge in [0.2, 0.25) is 0 Å². The van der Waals surface area contributed by atoms with E-state index in [1.807, 2.05) is 0 Å². The van der Waals surface area contributed by atoms with E-state index in [1.165, 1.54) is 25.5 Å². The topological polar surface area (TPSA) is 91.5 Å². The summed E-state index contributed by atoms with van der Waals surface area (Å²) < 4.78 is 9.30. The number of oxazole rings is 1. The maximum Gasteiger partial charge on any atom is 0.333 e.